The monoisotopic (exact) mass is 319 g/mol. The molecule has 2 aliphatic rings. The lowest BCUT2D eigenvalue weighted by molar-refractivity contribution is -0.138. The van der Waals surface area contributed by atoms with Gasteiger partial charge in [0.1, 0.15) is 5.82 Å². The molecular formula is C15H21N5O3. The van der Waals surface area contributed by atoms with Crippen molar-refractivity contribution in [3.63, 3.8) is 0 Å². The molecule has 8 nitrogen and oxygen atoms in total. The molecule has 124 valence electrons. The highest BCUT2D eigenvalue weighted by Gasteiger charge is 2.34. The number of nitrogens with one attached hydrogen (secondary N) is 1. The number of primary amides is 1. The fourth-order valence-corrected chi connectivity index (χ4v) is 3.43. The number of nitrogens with zero attached hydrogens (tertiary/aromatic N) is 3. The standard InChI is InChI=1S/C15H21N5O3/c1-9-17-12-7-20(6-11(12)14(22)18-9)15(23)10-3-2-4-19(5-10)8-13(16)21/h10H,2-8H2,1H3,(H2,16,21)(H,17,18,22)/t10-/m0/s1. The molecule has 8 heteroatoms. The van der Waals surface area contributed by atoms with Gasteiger partial charge in [-0.2, -0.15) is 0 Å². The summed E-state index contributed by atoms with van der Waals surface area (Å²) in [5.41, 5.74) is 6.33. The Bertz CT molecular complexity index is 699. The number of likely N-dealkylation sites (tertiary alicyclic amines) is 1. The van der Waals surface area contributed by atoms with E-state index in [0.717, 1.165) is 19.4 Å². The minimum Gasteiger partial charge on any atom is -0.369 e. The van der Waals surface area contributed by atoms with Crippen LogP contribution in [0, 0.1) is 12.8 Å². The molecule has 0 aromatic carbocycles. The van der Waals surface area contributed by atoms with E-state index in [-0.39, 0.29) is 29.8 Å². The highest BCUT2D eigenvalue weighted by Crippen LogP contribution is 2.24. The highest BCUT2D eigenvalue weighted by molar-refractivity contribution is 5.80. The second-order valence-electron chi connectivity index (χ2n) is 6.31. The number of H-pyrrole nitrogens is 1. The molecule has 3 N–H and O–H groups in total. The molecule has 0 radical (unpaired) electrons. The number of hydrogen-bond acceptors (Lipinski definition) is 5. The van der Waals surface area contributed by atoms with Gasteiger partial charge in [-0.15, -0.1) is 0 Å². The van der Waals surface area contributed by atoms with Crippen LogP contribution < -0.4 is 11.3 Å². The van der Waals surface area contributed by atoms with Crippen molar-refractivity contribution in [1.82, 2.24) is 19.8 Å². The summed E-state index contributed by atoms with van der Waals surface area (Å²) in [4.78, 5) is 46.4. The molecular weight excluding hydrogens is 298 g/mol. The molecule has 2 amide bonds. The van der Waals surface area contributed by atoms with E-state index >= 15 is 0 Å². The van der Waals surface area contributed by atoms with Gasteiger partial charge in [0.05, 0.1) is 36.8 Å². The summed E-state index contributed by atoms with van der Waals surface area (Å²) in [6.07, 6.45) is 1.66. The Balaban J connectivity index is 1.69. The van der Waals surface area contributed by atoms with E-state index in [9.17, 15) is 14.4 Å². The number of aromatic amines is 1. The van der Waals surface area contributed by atoms with Gasteiger partial charge >= 0.3 is 0 Å². The summed E-state index contributed by atoms with van der Waals surface area (Å²) < 4.78 is 0. The van der Waals surface area contributed by atoms with E-state index in [1.807, 2.05) is 4.90 Å². The fraction of sp³-hybridized carbons (Fsp3) is 0.600. The van der Waals surface area contributed by atoms with Crippen LogP contribution in [0.1, 0.15) is 29.9 Å². The quantitative estimate of drug-likeness (QED) is 0.751. The van der Waals surface area contributed by atoms with E-state index < -0.39 is 0 Å². The summed E-state index contributed by atoms with van der Waals surface area (Å²) in [5, 5.41) is 0. The molecule has 3 rings (SSSR count). The Hall–Kier alpha value is -2.22. The molecule has 0 bridgehead atoms. The first-order valence-electron chi connectivity index (χ1n) is 7.82. The summed E-state index contributed by atoms with van der Waals surface area (Å²) in [6, 6.07) is 0. The first-order valence-corrected chi connectivity index (χ1v) is 7.82. The third-order valence-corrected chi connectivity index (χ3v) is 4.46. The van der Waals surface area contributed by atoms with Crippen molar-refractivity contribution in [2.24, 2.45) is 11.7 Å². The van der Waals surface area contributed by atoms with Crippen LogP contribution >= 0.6 is 0 Å². The molecule has 0 unspecified atom stereocenters. The van der Waals surface area contributed by atoms with Gasteiger partial charge in [0.25, 0.3) is 5.56 Å². The van der Waals surface area contributed by atoms with Crippen molar-refractivity contribution in [3.05, 3.63) is 27.4 Å². The van der Waals surface area contributed by atoms with Crippen molar-refractivity contribution in [2.45, 2.75) is 32.9 Å². The van der Waals surface area contributed by atoms with Crippen molar-refractivity contribution < 1.29 is 9.59 Å². The number of aromatic nitrogens is 2. The zero-order valence-electron chi connectivity index (χ0n) is 13.2. The van der Waals surface area contributed by atoms with Gasteiger partial charge in [-0.25, -0.2) is 4.98 Å². The van der Waals surface area contributed by atoms with Gasteiger partial charge in [0, 0.05) is 6.54 Å². The maximum Gasteiger partial charge on any atom is 0.256 e. The molecule has 0 saturated carbocycles. The van der Waals surface area contributed by atoms with E-state index in [2.05, 4.69) is 9.97 Å². The normalized spacial score (nSPS) is 21.3. The SMILES string of the molecule is Cc1nc2c(c(=O)[nH]1)CN(C(=O)[C@H]1CCCN(CC(N)=O)C1)C2. The lowest BCUT2D eigenvalue weighted by Crippen LogP contribution is -2.46. The molecule has 1 fully saturated rings. The first kappa shape index (κ1) is 15.7. The minimum atomic E-state index is -0.377. The molecule has 3 heterocycles. The van der Waals surface area contributed by atoms with Crippen LogP contribution in [0.4, 0.5) is 0 Å². The number of carbonyl (C=O) groups is 2. The summed E-state index contributed by atoms with van der Waals surface area (Å²) in [5.74, 6) is 0.0537. The topological polar surface area (TPSA) is 112 Å². The molecule has 1 aromatic rings. The van der Waals surface area contributed by atoms with Crippen LogP contribution in [0.15, 0.2) is 4.79 Å². The number of aryl methyl sites for hydroxylation is 1. The van der Waals surface area contributed by atoms with Crippen LogP contribution in [0.2, 0.25) is 0 Å². The van der Waals surface area contributed by atoms with Gasteiger partial charge < -0.3 is 15.6 Å². The third kappa shape index (κ3) is 3.26. The Morgan fingerprint density at radius 2 is 2.17 bits per heavy atom. The second kappa shape index (κ2) is 6.11. The number of carbonyl (C=O) groups excluding carboxylic acids is 2. The minimum absolute atomic E-state index is 0.0224. The Morgan fingerprint density at radius 1 is 1.39 bits per heavy atom. The number of fused-ring (bicyclic) bond motifs is 1. The number of rotatable bonds is 3. The zero-order valence-corrected chi connectivity index (χ0v) is 13.2. The average molecular weight is 319 g/mol. The van der Waals surface area contributed by atoms with E-state index in [1.54, 1.807) is 11.8 Å². The van der Waals surface area contributed by atoms with E-state index in [1.165, 1.54) is 0 Å². The maximum atomic E-state index is 12.7. The van der Waals surface area contributed by atoms with Crippen LogP contribution in [0.3, 0.4) is 0 Å². The second-order valence-corrected chi connectivity index (χ2v) is 6.31. The molecule has 2 aliphatic heterocycles. The molecule has 0 spiro atoms. The number of nitrogens with two attached hydrogens (primary N) is 1. The first-order chi connectivity index (χ1) is 10.9. The van der Waals surface area contributed by atoms with Gasteiger partial charge in [0.2, 0.25) is 11.8 Å². The largest absolute Gasteiger partial charge is 0.369 e. The molecule has 1 saturated heterocycles. The lowest BCUT2D eigenvalue weighted by atomic mass is 9.96. The fourth-order valence-electron chi connectivity index (χ4n) is 3.43. The van der Waals surface area contributed by atoms with Crippen molar-refractivity contribution in [3.8, 4) is 0 Å². The summed E-state index contributed by atoms with van der Waals surface area (Å²) in [7, 11) is 0. The smallest absolute Gasteiger partial charge is 0.256 e. The van der Waals surface area contributed by atoms with Gasteiger partial charge in [-0.1, -0.05) is 0 Å². The zero-order chi connectivity index (χ0) is 16.6. The van der Waals surface area contributed by atoms with Crippen molar-refractivity contribution in [1.29, 1.82) is 0 Å². The predicted molar refractivity (Wildman–Crippen MR) is 82.2 cm³/mol. The van der Waals surface area contributed by atoms with Crippen LogP contribution in [0.25, 0.3) is 0 Å². The Labute approximate surface area is 133 Å². The number of piperidine rings is 1. The van der Waals surface area contributed by atoms with Crippen LogP contribution in [-0.4, -0.2) is 51.2 Å². The Morgan fingerprint density at radius 3 is 2.91 bits per heavy atom. The lowest BCUT2D eigenvalue weighted by Gasteiger charge is -2.33. The van der Waals surface area contributed by atoms with E-state index in [4.69, 9.17) is 5.73 Å². The molecule has 1 atom stereocenters. The predicted octanol–water partition coefficient (Wildman–Crippen LogP) is -0.882. The Kier molecular flexibility index (Phi) is 4.16. The molecule has 1 aromatic heterocycles. The van der Waals surface area contributed by atoms with Gasteiger partial charge in [-0.05, 0) is 26.3 Å². The summed E-state index contributed by atoms with van der Waals surface area (Å²) in [6.45, 7) is 3.93. The van der Waals surface area contributed by atoms with Crippen LogP contribution in [-0.2, 0) is 22.7 Å². The molecule has 23 heavy (non-hydrogen) atoms. The van der Waals surface area contributed by atoms with Gasteiger partial charge in [0.15, 0.2) is 0 Å². The van der Waals surface area contributed by atoms with Crippen molar-refractivity contribution >= 4 is 11.8 Å². The number of hydrogen-bond donors (Lipinski definition) is 2. The third-order valence-electron chi connectivity index (χ3n) is 4.46. The van der Waals surface area contributed by atoms with E-state index in [0.29, 0.717) is 36.7 Å². The average Bonchev–Trinajstić information content (AvgIpc) is 2.90. The van der Waals surface area contributed by atoms with Crippen LogP contribution in [0.5, 0.6) is 0 Å². The molecule has 0 aliphatic carbocycles. The van der Waals surface area contributed by atoms with Crippen molar-refractivity contribution in [2.75, 3.05) is 19.6 Å². The maximum absolute atomic E-state index is 12.7. The number of amides is 2. The van der Waals surface area contributed by atoms with Gasteiger partial charge in [-0.3, -0.25) is 19.3 Å². The summed E-state index contributed by atoms with van der Waals surface area (Å²) >= 11 is 0. The highest BCUT2D eigenvalue weighted by atomic mass is 16.2.